The summed E-state index contributed by atoms with van der Waals surface area (Å²) in [5.41, 5.74) is 12.8. The predicted octanol–water partition coefficient (Wildman–Crippen LogP) is 21.5. The minimum absolute atomic E-state index is 0.126. The maximum absolute atomic E-state index is 17.4. The lowest BCUT2D eigenvalue weighted by molar-refractivity contribution is 0.264. The van der Waals surface area contributed by atoms with Crippen LogP contribution >= 0.6 is 68.8 Å². The van der Waals surface area contributed by atoms with Gasteiger partial charge in [-0.1, -0.05) is 136 Å². The average molecular weight is 1140 g/mol. The summed E-state index contributed by atoms with van der Waals surface area (Å²) >= 11 is 8.60. The number of fused-ring (bicyclic) bond motifs is 2. The number of rotatable bonds is 31. The van der Waals surface area contributed by atoms with E-state index < -0.39 is 11.6 Å². The Balaban J connectivity index is 1.25. The topological polar surface area (TPSA) is 70.0 Å². The van der Waals surface area contributed by atoms with Crippen molar-refractivity contribution in [2.24, 2.45) is 11.8 Å². The molecule has 8 aromatic rings. The molecule has 0 saturated carbocycles. The summed E-state index contributed by atoms with van der Waals surface area (Å²) in [5.74, 6) is 0.318. The fourth-order valence-corrected chi connectivity index (χ4v) is 15.7. The smallest absolute Gasteiger partial charge is 0.172 e. The molecule has 404 valence electrons. The zero-order valence-corrected chi connectivity index (χ0v) is 50.5. The SMILES string of the molecule is C=C=C=CC(CCCCCC)Cc1cc(-c2c(F)c(F)c(-c3cc(CC(CCCC)CCCCCC)c(C)s3)c3nsnc23)sc1-c1ccc(-c2c(OCCCC)c(OCCCC)c(-c3ccc(C)s3)c3nsnc23)s1. The number of nitrogens with zero attached hydrogens (tertiary/aromatic N) is 4. The van der Waals surface area contributed by atoms with Gasteiger partial charge in [-0.3, -0.25) is 0 Å². The van der Waals surface area contributed by atoms with Crippen molar-refractivity contribution in [3.05, 3.63) is 93.0 Å². The number of hydrogen-bond acceptors (Lipinski definition) is 12. The van der Waals surface area contributed by atoms with Gasteiger partial charge in [-0.25, -0.2) is 8.78 Å². The first-order valence-corrected chi connectivity index (χ1v) is 32.6. The Kier molecular flexibility index (Phi) is 21.7. The molecule has 8 rings (SSSR count). The van der Waals surface area contributed by atoms with E-state index in [0.29, 0.717) is 57.8 Å². The van der Waals surface area contributed by atoms with Crippen LogP contribution < -0.4 is 9.47 Å². The molecule has 14 heteroatoms. The Morgan fingerprint density at radius 3 is 1.62 bits per heavy atom. The molecule has 6 aromatic heterocycles. The van der Waals surface area contributed by atoms with Gasteiger partial charge in [-0.2, -0.15) is 17.5 Å². The minimum Gasteiger partial charge on any atom is -0.489 e. The summed E-state index contributed by atoms with van der Waals surface area (Å²) in [4.78, 5) is 7.71. The van der Waals surface area contributed by atoms with Crippen LogP contribution in [0.5, 0.6) is 11.5 Å². The minimum atomic E-state index is -0.889. The second-order valence-electron chi connectivity index (χ2n) is 20.2. The van der Waals surface area contributed by atoms with Crippen LogP contribution in [0.1, 0.15) is 165 Å². The van der Waals surface area contributed by atoms with Crippen LogP contribution in [0.15, 0.2) is 60.5 Å². The molecule has 0 aliphatic carbocycles. The van der Waals surface area contributed by atoms with Crippen LogP contribution in [0, 0.1) is 37.3 Å². The van der Waals surface area contributed by atoms with E-state index in [9.17, 15) is 0 Å². The lowest BCUT2D eigenvalue weighted by Gasteiger charge is -2.20. The fraction of sp³-hybridized carbons (Fsp3) is 0.484. The van der Waals surface area contributed by atoms with Gasteiger partial charge >= 0.3 is 0 Å². The molecule has 0 spiro atoms. The highest BCUT2D eigenvalue weighted by Crippen LogP contribution is 2.55. The number of allylic oxidation sites excluding steroid dienone is 1. The van der Waals surface area contributed by atoms with E-state index in [4.69, 9.17) is 27.0 Å². The third-order valence-electron chi connectivity index (χ3n) is 14.4. The van der Waals surface area contributed by atoms with Crippen molar-refractivity contribution in [2.45, 2.75) is 170 Å². The summed E-state index contributed by atoms with van der Waals surface area (Å²) < 4.78 is 67.8. The van der Waals surface area contributed by atoms with Crippen molar-refractivity contribution < 1.29 is 18.3 Å². The molecule has 76 heavy (non-hydrogen) atoms. The van der Waals surface area contributed by atoms with Crippen molar-refractivity contribution in [1.29, 1.82) is 0 Å². The Labute approximate surface area is 474 Å². The zero-order chi connectivity index (χ0) is 53.6. The highest BCUT2D eigenvalue weighted by Gasteiger charge is 2.32. The second kappa shape index (κ2) is 28.5. The molecule has 6 nitrogen and oxygen atoms in total. The van der Waals surface area contributed by atoms with Crippen molar-refractivity contribution in [3.63, 3.8) is 0 Å². The molecule has 0 aliphatic heterocycles. The Bertz CT molecular complexity index is 3250. The van der Waals surface area contributed by atoms with E-state index >= 15 is 8.78 Å². The highest BCUT2D eigenvalue weighted by molar-refractivity contribution is 7.25. The van der Waals surface area contributed by atoms with Gasteiger partial charge < -0.3 is 9.47 Å². The van der Waals surface area contributed by atoms with E-state index in [-0.39, 0.29) is 17.0 Å². The molecule has 0 N–H and O–H groups in total. The van der Waals surface area contributed by atoms with Gasteiger partial charge in [0.25, 0.3) is 0 Å². The van der Waals surface area contributed by atoms with Gasteiger partial charge in [0.15, 0.2) is 23.1 Å². The normalized spacial score (nSPS) is 12.4. The molecule has 0 saturated heterocycles. The molecule has 2 atom stereocenters. The summed E-state index contributed by atoms with van der Waals surface area (Å²) in [5, 5.41) is 0. The molecule has 2 unspecified atom stereocenters. The van der Waals surface area contributed by atoms with Crippen molar-refractivity contribution in [3.8, 4) is 63.0 Å². The van der Waals surface area contributed by atoms with Crippen LogP contribution in [0.25, 0.3) is 73.6 Å². The standard InChI is InChI=1S/C62H74F2N4O2S6/c1-9-15-21-23-27-41(25-17-11-3)35-43-37-48(72-40(43)8)50-54(63)55(64)51(57-56(50)65-75-66-57)49-38-44(36-42(26-18-12-4)28-24-22-16-10-2)62(74-49)47-32-31-46(73-47)53-59-58(67-76-68-59)52(45-30-29-39(7)71-45)60(69-33-19-13-5)61(53)70-34-20-14-6/h26,29-32,37-38,41-42H,4,9-11,13-17,19-25,27-28,33-36H2,1-3,5-8H3. The quantitative estimate of drug-likeness (QED) is 0.0319. The summed E-state index contributed by atoms with van der Waals surface area (Å²) in [6.45, 7) is 20.2. The summed E-state index contributed by atoms with van der Waals surface area (Å²) in [7, 11) is 0. The van der Waals surface area contributed by atoms with Crippen LogP contribution in [-0.2, 0) is 12.8 Å². The molecular formula is C62H74F2N4O2S6. The molecule has 0 amide bonds. The molecule has 0 radical (unpaired) electrons. The van der Waals surface area contributed by atoms with Gasteiger partial charge in [-0.15, -0.1) is 45.3 Å². The lowest BCUT2D eigenvalue weighted by Crippen LogP contribution is -2.05. The third-order valence-corrected chi connectivity index (χ3v) is 20.0. The van der Waals surface area contributed by atoms with E-state index in [1.807, 2.05) is 0 Å². The van der Waals surface area contributed by atoms with Gasteiger partial charge in [0.05, 0.1) is 58.9 Å². The van der Waals surface area contributed by atoms with E-state index in [0.717, 1.165) is 122 Å². The number of thiophene rings is 4. The van der Waals surface area contributed by atoms with Gasteiger partial charge in [-0.05, 0) is 118 Å². The van der Waals surface area contributed by atoms with Gasteiger partial charge in [0.1, 0.15) is 22.1 Å². The van der Waals surface area contributed by atoms with Crippen LogP contribution in [0.3, 0.4) is 0 Å². The van der Waals surface area contributed by atoms with Gasteiger partial charge in [0.2, 0.25) is 0 Å². The largest absolute Gasteiger partial charge is 0.489 e. The summed E-state index contributed by atoms with van der Waals surface area (Å²) in [6, 6.07) is 12.8. The van der Waals surface area contributed by atoms with E-state index in [2.05, 4.69) is 109 Å². The van der Waals surface area contributed by atoms with Crippen molar-refractivity contribution >= 4 is 90.9 Å². The number of benzene rings is 2. The highest BCUT2D eigenvalue weighted by atomic mass is 32.1. The van der Waals surface area contributed by atoms with Crippen molar-refractivity contribution in [1.82, 2.24) is 17.5 Å². The predicted molar refractivity (Wildman–Crippen MR) is 326 cm³/mol. The number of hydrogen-bond donors (Lipinski definition) is 0. The number of unbranched alkanes of at least 4 members (excludes halogenated alkanes) is 9. The molecule has 0 aliphatic rings. The van der Waals surface area contributed by atoms with E-state index in [1.165, 1.54) is 103 Å². The van der Waals surface area contributed by atoms with Crippen molar-refractivity contribution in [2.75, 3.05) is 13.2 Å². The Hall–Kier alpha value is -4.36. The third kappa shape index (κ3) is 13.5. The fourth-order valence-electron chi connectivity index (χ4n) is 10.2. The first-order valence-electron chi connectivity index (χ1n) is 27.9. The number of ether oxygens (including phenoxy) is 2. The number of aromatic nitrogens is 4. The molecule has 2 aromatic carbocycles. The van der Waals surface area contributed by atoms with E-state index in [1.54, 1.807) is 22.7 Å². The maximum atomic E-state index is 17.4. The molecule has 0 bridgehead atoms. The Morgan fingerprint density at radius 1 is 0.539 bits per heavy atom. The zero-order valence-electron chi connectivity index (χ0n) is 45.6. The summed E-state index contributed by atoms with van der Waals surface area (Å²) in [6.07, 6.45) is 22.7. The van der Waals surface area contributed by atoms with Crippen LogP contribution in [0.2, 0.25) is 0 Å². The number of halogens is 2. The monoisotopic (exact) mass is 1140 g/mol. The average Bonchev–Trinajstić information content (AvgIpc) is 4.32. The van der Waals surface area contributed by atoms with Crippen LogP contribution in [-0.4, -0.2) is 30.7 Å². The molecular weight excluding hydrogens is 1060 g/mol. The lowest BCUT2D eigenvalue weighted by atomic mass is 9.89. The van der Waals surface area contributed by atoms with Crippen LogP contribution in [0.4, 0.5) is 8.78 Å². The first kappa shape index (κ1) is 57.8. The second-order valence-corrected chi connectivity index (χ2v) is 25.9. The molecule has 0 fully saturated rings. The van der Waals surface area contributed by atoms with Gasteiger partial charge in [0, 0.05) is 39.0 Å². The molecule has 6 heterocycles. The number of aryl methyl sites for hydroxylation is 2. The maximum Gasteiger partial charge on any atom is 0.172 e. The first-order chi connectivity index (χ1) is 37.1. The Morgan fingerprint density at radius 2 is 1.05 bits per heavy atom.